The van der Waals surface area contributed by atoms with Gasteiger partial charge in [0.2, 0.25) is 5.95 Å². The molecule has 10 nitrogen and oxygen atoms in total. The highest BCUT2D eigenvalue weighted by molar-refractivity contribution is 7.13. The number of nitrogens with one attached hydrogen (secondary N) is 1. The highest BCUT2D eigenvalue weighted by Gasteiger charge is 2.23. The fourth-order valence-corrected chi connectivity index (χ4v) is 4.91. The van der Waals surface area contributed by atoms with Crippen molar-refractivity contribution in [2.24, 2.45) is 0 Å². The van der Waals surface area contributed by atoms with Crippen LogP contribution in [0.3, 0.4) is 0 Å². The van der Waals surface area contributed by atoms with Gasteiger partial charge in [0, 0.05) is 36.9 Å². The van der Waals surface area contributed by atoms with Gasteiger partial charge in [0.15, 0.2) is 5.78 Å². The van der Waals surface area contributed by atoms with Gasteiger partial charge in [-0.1, -0.05) is 39.3 Å². The van der Waals surface area contributed by atoms with Gasteiger partial charge in [0.25, 0.3) is 5.91 Å². The van der Waals surface area contributed by atoms with Crippen LogP contribution in [0.5, 0.6) is 0 Å². The molecule has 1 aliphatic heterocycles. The SMILES string of the molecule is CC(CC(=O)c1cc(N2CCOCC2)ncn1)c1ncc(C(=O)Nc2ncc(Cl)c(C(C)(C)C)n2)s1. The van der Waals surface area contributed by atoms with E-state index in [-0.39, 0.29) is 35.4 Å². The Morgan fingerprint density at radius 1 is 1.17 bits per heavy atom. The van der Waals surface area contributed by atoms with E-state index in [1.807, 2.05) is 27.7 Å². The maximum Gasteiger partial charge on any atom is 0.269 e. The number of carbonyl (C=O) groups is 2. The summed E-state index contributed by atoms with van der Waals surface area (Å²) in [5.74, 6) is 0.226. The first kappa shape index (κ1) is 26.1. The number of ketones is 1. The molecule has 0 aliphatic carbocycles. The number of Topliss-reactive ketones (excluding diaryl/α,β-unsaturated/α-hetero) is 1. The van der Waals surface area contributed by atoms with E-state index in [1.54, 1.807) is 6.07 Å². The smallest absolute Gasteiger partial charge is 0.269 e. The fraction of sp³-hybridized carbons (Fsp3) is 0.458. The van der Waals surface area contributed by atoms with Gasteiger partial charge in [-0.2, -0.15) is 0 Å². The summed E-state index contributed by atoms with van der Waals surface area (Å²) in [5, 5.41) is 3.84. The van der Waals surface area contributed by atoms with Crippen molar-refractivity contribution in [1.82, 2.24) is 24.9 Å². The average molecular weight is 530 g/mol. The van der Waals surface area contributed by atoms with Crippen LogP contribution >= 0.6 is 22.9 Å². The molecule has 1 N–H and O–H groups in total. The molecule has 4 heterocycles. The molecular weight excluding hydrogens is 502 g/mol. The second-order valence-corrected chi connectivity index (χ2v) is 11.0. The first-order chi connectivity index (χ1) is 17.1. The van der Waals surface area contributed by atoms with E-state index in [0.29, 0.717) is 39.5 Å². The van der Waals surface area contributed by atoms with E-state index in [4.69, 9.17) is 16.3 Å². The molecule has 0 bridgehead atoms. The Morgan fingerprint density at radius 3 is 2.64 bits per heavy atom. The molecule has 1 saturated heterocycles. The first-order valence-electron chi connectivity index (χ1n) is 11.6. The number of anilines is 2. The van der Waals surface area contributed by atoms with Crippen molar-refractivity contribution in [3.63, 3.8) is 0 Å². The van der Waals surface area contributed by atoms with Crippen LogP contribution in [-0.4, -0.2) is 62.9 Å². The zero-order valence-corrected chi connectivity index (χ0v) is 22.2. The zero-order valence-electron chi connectivity index (χ0n) is 20.6. The molecule has 3 aromatic heterocycles. The van der Waals surface area contributed by atoms with Crippen LogP contribution in [-0.2, 0) is 10.2 Å². The molecule has 190 valence electrons. The predicted octanol–water partition coefficient (Wildman–Crippen LogP) is 4.14. The molecule has 1 unspecified atom stereocenters. The molecule has 12 heteroatoms. The summed E-state index contributed by atoms with van der Waals surface area (Å²) in [6.07, 6.45) is 4.61. The standard InChI is InChI=1S/C24H28ClN7O3S/c1-14(9-17(33)16-10-19(29-13-28-16)32-5-7-35-8-6-32)22-26-12-18(36-22)21(34)31-23-27-11-15(25)20(30-23)24(2,3)4/h10-14H,5-9H2,1-4H3,(H,27,30,31,34). The van der Waals surface area contributed by atoms with Crippen LogP contribution < -0.4 is 10.2 Å². The van der Waals surface area contributed by atoms with Gasteiger partial charge in [-0.15, -0.1) is 11.3 Å². The summed E-state index contributed by atoms with van der Waals surface area (Å²) in [6, 6.07) is 1.72. The van der Waals surface area contributed by atoms with Gasteiger partial charge >= 0.3 is 0 Å². The number of hydrogen-bond acceptors (Lipinski definition) is 10. The van der Waals surface area contributed by atoms with E-state index < -0.39 is 0 Å². The summed E-state index contributed by atoms with van der Waals surface area (Å²) in [4.78, 5) is 49.5. The number of carbonyl (C=O) groups excluding carboxylic acids is 2. The summed E-state index contributed by atoms with van der Waals surface area (Å²) < 4.78 is 5.38. The molecular formula is C24H28ClN7O3S. The van der Waals surface area contributed by atoms with Crippen molar-refractivity contribution in [2.75, 3.05) is 36.5 Å². The van der Waals surface area contributed by atoms with E-state index in [1.165, 1.54) is 30.1 Å². The molecule has 4 rings (SSSR count). The number of amides is 1. The van der Waals surface area contributed by atoms with E-state index in [0.717, 1.165) is 18.9 Å². The Morgan fingerprint density at radius 2 is 1.92 bits per heavy atom. The van der Waals surface area contributed by atoms with Crippen molar-refractivity contribution >= 4 is 46.4 Å². The van der Waals surface area contributed by atoms with Gasteiger partial charge in [-0.3, -0.25) is 14.9 Å². The first-order valence-corrected chi connectivity index (χ1v) is 12.8. The fourth-order valence-electron chi connectivity index (χ4n) is 3.67. The number of rotatable bonds is 7. The van der Waals surface area contributed by atoms with Gasteiger partial charge in [-0.05, 0) is 0 Å². The minimum atomic E-state index is -0.370. The largest absolute Gasteiger partial charge is 0.378 e. The van der Waals surface area contributed by atoms with Crippen molar-refractivity contribution in [3.8, 4) is 0 Å². The molecule has 1 amide bonds. The second kappa shape index (κ2) is 10.9. The van der Waals surface area contributed by atoms with Crippen molar-refractivity contribution in [2.45, 2.75) is 45.4 Å². The minimum Gasteiger partial charge on any atom is -0.378 e. The third-order valence-corrected chi connectivity index (χ3v) is 7.12. The molecule has 0 radical (unpaired) electrons. The Balaban J connectivity index is 1.40. The number of hydrogen-bond donors (Lipinski definition) is 1. The number of aromatic nitrogens is 5. The second-order valence-electron chi connectivity index (χ2n) is 9.55. The van der Waals surface area contributed by atoms with E-state index in [2.05, 4.69) is 35.1 Å². The minimum absolute atomic E-state index is 0.107. The van der Waals surface area contributed by atoms with E-state index >= 15 is 0 Å². The monoisotopic (exact) mass is 529 g/mol. The molecule has 3 aromatic rings. The van der Waals surface area contributed by atoms with Gasteiger partial charge < -0.3 is 9.64 Å². The number of morpholine rings is 1. The predicted molar refractivity (Wildman–Crippen MR) is 138 cm³/mol. The maximum atomic E-state index is 12.9. The average Bonchev–Trinajstić information content (AvgIpc) is 3.36. The molecule has 36 heavy (non-hydrogen) atoms. The van der Waals surface area contributed by atoms with Gasteiger partial charge in [-0.25, -0.2) is 24.9 Å². The van der Waals surface area contributed by atoms with Crippen LogP contribution in [0.4, 0.5) is 11.8 Å². The maximum absolute atomic E-state index is 12.9. The summed E-state index contributed by atoms with van der Waals surface area (Å²) in [5.41, 5.74) is 0.710. The topological polar surface area (TPSA) is 123 Å². The highest BCUT2D eigenvalue weighted by Crippen LogP contribution is 2.29. The van der Waals surface area contributed by atoms with Crippen molar-refractivity contribution in [1.29, 1.82) is 0 Å². The Hall–Kier alpha value is -3.02. The number of nitrogens with zero attached hydrogens (tertiary/aromatic N) is 6. The van der Waals surface area contributed by atoms with Gasteiger partial charge in [0.05, 0.1) is 41.3 Å². The van der Waals surface area contributed by atoms with Crippen LogP contribution in [0.1, 0.15) is 70.9 Å². The Labute approximate surface area is 218 Å². The molecule has 1 aliphatic rings. The quantitative estimate of drug-likeness (QED) is 0.449. The molecule has 0 aromatic carbocycles. The third kappa shape index (κ3) is 6.21. The van der Waals surface area contributed by atoms with Crippen molar-refractivity contribution in [3.05, 3.63) is 51.1 Å². The third-order valence-electron chi connectivity index (χ3n) is 5.61. The van der Waals surface area contributed by atoms with Crippen LogP contribution in [0, 0.1) is 0 Å². The van der Waals surface area contributed by atoms with Gasteiger partial charge in [0.1, 0.15) is 22.7 Å². The van der Waals surface area contributed by atoms with Crippen LogP contribution in [0.25, 0.3) is 0 Å². The Kier molecular flexibility index (Phi) is 7.91. The molecule has 0 saturated carbocycles. The lowest BCUT2D eigenvalue weighted by molar-refractivity contribution is 0.0969. The van der Waals surface area contributed by atoms with Crippen molar-refractivity contribution < 1.29 is 14.3 Å². The normalized spacial score (nSPS) is 15.0. The molecule has 1 atom stereocenters. The lowest BCUT2D eigenvalue weighted by Crippen LogP contribution is -2.36. The lowest BCUT2D eigenvalue weighted by Gasteiger charge is -2.27. The number of halogens is 1. The summed E-state index contributed by atoms with van der Waals surface area (Å²) in [6.45, 7) is 10.6. The zero-order chi connectivity index (χ0) is 25.9. The van der Waals surface area contributed by atoms with Crippen LogP contribution in [0.15, 0.2) is 24.8 Å². The van der Waals surface area contributed by atoms with Crippen LogP contribution in [0.2, 0.25) is 5.02 Å². The highest BCUT2D eigenvalue weighted by atomic mass is 35.5. The van der Waals surface area contributed by atoms with E-state index in [9.17, 15) is 9.59 Å². The summed E-state index contributed by atoms with van der Waals surface area (Å²) >= 11 is 7.45. The Bertz CT molecular complexity index is 1250. The lowest BCUT2D eigenvalue weighted by atomic mass is 9.92. The summed E-state index contributed by atoms with van der Waals surface area (Å²) in [7, 11) is 0. The molecule has 0 spiro atoms. The number of thiazole rings is 1. The molecule has 1 fully saturated rings. The number of ether oxygens (including phenoxy) is 1.